The fourth-order valence-corrected chi connectivity index (χ4v) is 4.93. The molecule has 0 saturated heterocycles. The lowest BCUT2D eigenvalue weighted by Crippen LogP contribution is -2.17. The van der Waals surface area contributed by atoms with E-state index in [-0.39, 0.29) is 0 Å². The highest BCUT2D eigenvalue weighted by atomic mass is 27.2. The van der Waals surface area contributed by atoms with Gasteiger partial charge in [0.05, 0.1) is 0 Å². The summed E-state index contributed by atoms with van der Waals surface area (Å²) in [4.78, 5) is 2.49. The maximum Gasteiger partial charge on any atom is 0.532 e. The minimum atomic E-state index is -1.15. The summed E-state index contributed by atoms with van der Waals surface area (Å²) >= 11 is -1.15. The van der Waals surface area contributed by atoms with Crippen LogP contribution in [-0.2, 0) is 3.79 Å². The molecule has 0 aliphatic carbocycles. The normalized spacial score (nSPS) is 14.9. The SMILES string of the molecule is CCCCCC1=[CH][Al]([O]CC)[C](CCCCC)=C1. The fourth-order valence-electron chi connectivity index (χ4n) is 2.53. The first-order valence-electron chi connectivity index (χ1n) is 7.84. The third-order valence-corrected chi connectivity index (χ3v) is 6.20. The van der Waals surface area contributed by atoms with Crippen LogP contribution in [0.4, 0.5) is 0 Å². The average Bonchev–Trinajstić information content (AvgIpc) is 2.73. The highest BCUT2D eigenvalue weighted by molar-refractivity contribution is 6.67. The molecule has 0 aromatic heterocycles. The molecule has 0 saturated carbocycles. The lowest BCUT2D eigenvalue weighted by atomic mass is 10.1. The van der Waals surface area contributed by atoms with Crippen LogP contribution in [0.15, 0.2) is 21.0 Å². The molecule has 0 N–H and O–H groups in total. The molecule has 2 heteroatoms. The van der Waals surface area contributed by atoms with E-state index in [2.05, 4.69) is 31.8 Å². The number of unbranched alkanes of at least 4 members (excludes halogenated alkanes) is 4. The predicted octanol–water partition coefficient (Wildman–Crippen LogP) is 5.12. The van der Waals surface area contributed by atoms with Gasteiger partial charge in [0.1, 0.15) is 0 Å². The Hall–Kier alpha value is -0.0275. The zero-order chi connectivity index (χ0) is 13.2. The van der Waals surface area contributed by atoms with Gasteiger partial charge in [-0.15, -0.1) is 4.94 Å². The van der Waals surface area contributed by atoms with Gasteiger partial charge in [-0.3, -0.25) is 0 Å². The number of allylic oxidation sites excluding steroid dienone is 3. The summed E-state index contributed by atoms with van der Waals surface area (Å²) in [6.07, 6.45) is 13.0. The van der Waals surface area contributed by atoms with Crippen molar-refractivity contribution >= 4 is 14.5 Å². The Morgan fingerprint density at radius 2 is 1.61 bits per heavy atom. The van der Waals surface area contributed by atoms with Crippen LogP contribution >= 0.6 is 0 Å². The first-order chi connectivity index (χ1) is 8.81. The van der Waals surface area contributed by atoms with E-state index in [1.807, 2.05) is 0 Å². The molecule has 0 spiro atoms. The zero-order valence-corrected chi connectivity index (χ0v) is 13.7. The Labute approximate surface area is 118 Å². The van der Waals surface area contributed by atoms with Crippen LogP contribution in [0.2, 0.25) is 0 Å². The van der Waals surface area contributed by atoms with Crippen LogP contribution in [0.5, 0.6) is 0 Å². The highest BCUT2D eigenvalue weighted by Gasteiger charge is 2.27. The quantitative estimate of drug-likeness (QED) is 0.393. The van der Waals surface area contributed by atoms with Crippen molar-refractivity contribution < 1.29 is 3.79 Å². The second-order valence-corrected chi connectivity index (χ2v) is 7.50. The molecular formula is C16H29AlO. The first-order valence-corrected chi connectivity index (χ1v) is 9.56. The maximum absolute atomic E-state index is 5.98. The second kappa shape index (κ2) is 9.84. The minimum absolute atomic E-state index is 0.876. The van der Waals surface area contributed by atoms with Gasteiger partial charge in [0.15, 0.2) is 0 Å². The zero-order valence-electron chi connectivity index (χ0n) is 12.5. The number of rotatable bonds is 10. The Morgan fingerprint density at radius 1 is 0.944 bits per heavy atom. The van der Waals surface area contributed by atoms with Crippen molar-refractivity contribution in [2.75, 3.05) is 6.61 Å². The van der Waals surface area contributed by atoms with Crippen LogP contribution < -0.4 is 0 Å². The summed E-state index contributed by atoms with van der Waals surface area (Å²) in [5.74, 6) is 0. The van der Waals surface area contributed by atoms with Gasteiger partial charge in [0.2, 0.25) is 0 Å². The number of hydrogen-bond acceptors (Lipinski definition) is 1. The summed E-state index contributed by atoms with van der Waals surface area (Å²) in [5, 5.41) is 0. The van der Waals surface area contributed by atoms with Crippen LogP contribution in [0.3, 0.4) is 0 Å². The largest absolute Gasteiger partial charge is 0.532 e. The monoisotopic (exact) mass is 264 g/mol. The Balaban J connectivity index is 2.44. The smallest absolute Gasteiger partial charge is 0.494 e. The van der Waals surface area contributed by atoms with Crippen LogP contribution in [0.1, 0.15) is 72.1 Å². The van der Waals surface area contributed by atoms with E-state index in [0.717, 1.165) is 6.61 Å². The molecule has 0 unspecified atom stereocenters. The molecule has 1 aliphatic rings. The summed E-state index contributed by atoms with van der Waals surface area (Å²) in [5.41, 5.74) is 1.57. The van der Waals surface area contributed by atoms with Gasteiger partial charge in [-0.25, -0.2) is 0 Å². The van der Waals surface area contributed by atoms with Crippen molar-refractivity contribution in [3.63, 3.8) is 0 Å². The summed E-state index contributed by atoms with van der Waals surface area (Å²) in [6.45, 7) is 7.54. The van der Waals surface area contributed by atoms with Crippen molar-refractivity contribution in [2.45, 2.75) is 72.1 Å². The Kier molecular flexibility index (Phi) is 8.77. The second-order valence-electron chi connectivity index (χ2n) is 5.25. The molecule has 0 amide bonds. The maximum atomic E-state index is 5.98. The van der Waals surface area contributed by atoms with E-state index in [9.17, 15) is 0 Å². The van der Waals surface area contributed by atoms with Crippen molar-refractivity contribution in [2.24, 2.45) is 0 Å². The predicted molar refractivity (Wildman–Crippen MR) is 81.8 cm³/mol. The van der Waals surface area contributed by atoms with Crippen molar-refractivity contribution in [3.8, 4) is 0 Å². The van der Waals surface area contributed by atoms with Gasteiger partial charge in [-0.1, -0.05) is 62.0 Å². The Bertz CT molecular complexity index is 281. The lowest BCUT2D eigenvalue weighted by Gasteiger charge is -2.08. The van der Waals surface area contributed by atoms with E-state index in [0.29, 0.717) is 0 Å². The van der Waals surface area contributed by atoms with Gasteiger partial charge in [0.25, 0.3) is 0 Å². The third kappa shape index (κ3) is 5.74. The standard InChI is InChI=1S/C14H24.C2H5O.Al/c1-4-6-8-9-11-13-14(3)12-10-7-5-2;1-2-3;/h3,13H,4-10,12H2,1-2H3;2H2,1H3;/q;-1;+1. The molecule has 18 heavy (non-hydrogen) atoms. The summed E-state index contributed by atoms with van der Waals surface area (Å²) < 4.78 is 7.63. The van der Waals surface area contributed by atoms with Crippen molar-refractivity contribution in [1.82, 2.24) is 0 Å². The molecule has 1 rings (SSSR count). The first kappa shape index (κ1) is 16.0. The third-order valence-electron chi connectivity index (χ3n) is 3.59. The molecule has 0 fully saturated rings. The molecule has 102 valence electrons. The van der Waals surface area contributed by atoms with Gasteiger partial charge < -0.3 is 3.79 Å². The molecule has 0 aromatic rings. The van der Waals surface area contributed by atoms with E-state index >= 15 is 0 Å². The number of hydrogen-bond donors (Lipinski definition) is 0. The van der Waals surface area contributed by atoms with Gasteiger partial charge >= 0.3 is 14.5 Å². The summed E-state index contributed by atoms with van der Waals surface area (Å²) in [6, 6.07) is 0. The molecule has 0 bridgehead atoms. The van der Waals surface area contributed by atoms with E-state index in [1.54, 1.807) is 10.0 Å². The lowest BCUT2D eigenvalue weighted by molar-refractivity contribution is 0.354. The van der Waals surface area contributed by atoms with Crippen LogP contribution in [0.25, 0.3) is 0 Å². The minimum Gasteiger partial charge on any atom is -0.494 e. The van der Waals surface area contributed by atoms with Crippen LogP contribution in [-0.4, -0.2) is 21.1 Å². The van der Waals surface area contributed by atoms with Crippen molar-refractivity contribution in [3.05, 3.63) is 21.0 Å². The highest BCUT2D eigenvalue weighted by Crippen LogP contribution is 2.26. The van der Waals surface area contributed by atoms with E-state index < -0.39 is 14.5 Å². The molecule has 0 aromatic carbocycles. The van der Waals surface area contributed by atoms with E-state index in [4.69, 9.17) is 3.79 Å². The molecule has 1 nitrogen and oxygen atoms in total. The molecule has 0 atom stereocenters. The fraction of sp³-hybridized carbons (Fsp3) is 0.750. The van der Waals surface area contributed by atoms with Gasteiger partial charge in [-0.05, 0) is 26.2 Å². The topological polar surface area (TPSA) is 9.23 Å². The molecular weight excluding hydrogens is 235 g/mol. The molecule has 0 radical (unpaired) electrons. The Morgan fingerprint density at radius 3 is 2.22 bits per heavy atom. The van der Waals surface area contributed by atoms with Gasteiger partial charge in [-0.2, -0.15) is 0 Å². The van der Waals surface area contributed by atoms with Crippen LogP contribution in [0, 0.1) is 0 Å². The molecule has 1 aliphatic heterocycles. The average molecular weight is 264 g/mol. The molecule has 1 heterocycles. The van der Waals surface area contributed by atoms with Crippen molar-refractivity contribution in [1.29, 1.82) is 0 Å². The van der Waals surface area contributed by atoms with Gasteiger partial charge in [0, 0.05) is 6.61 Å². The summed E-state index contributed by atoms with van der Waals surface area (Å²) in [7, 11) is 0. The van der Waals surface area contributed by atoms with E-state index in [1.165, 1.54) is 51.4 Å².